The van der Waals surface area contributed by atoms with E-state index in [9.17, 15) is 14.7 Å². The van der Waals surface area contributed by atoms with Crippen molar-refractivity contribution in [1.29, 1.82) is 0 Å². The number of phenolic OH excluding ortho intramolecular Hbond substituents is 1. The summed E-state index contributed by atoms with van der Waals surface area (Å²) in [5.74, 6) is 0.144. The van der Waals surface area contributed by atoms with Gasteiger partial charge in [-0.2, -0.15) is 0 Å². The lowest BCUT2D eigenvalue weighted by molar-refractivity contribution is 0.103. The summed E-state index contributed by atoms with van der Waals surface area (Å²) in [7, 11) is 2.68. The summed E-state index contributed by atoms with van der Waals surface area (Å²) in [6.45, 7) is 0. The Balaban J connectivity index is 1.93. The van der Waals surface area contributed by atoms with Gasteiger partial charge in [-0.3, -0.25) is 4.79 Å². The Kier molecular flexibility index (Phi) is 3.95. The Labute approximate surface area is 137 Å². The second kappa shape index (κ2) is 6.08. The maximum Gasteiger partial charge on any atom is 0.513 e. The highest BCUT2D eigenvalue weighted by Crippen LogP contribution is 2.39. The number of methoxy groups -OCH3 is 2. The quantitative estimate of drug-likeness (QED) is 0.686. The number of hydrogen-bond acceptors (Lipinski definition) is 6. The molecular formula is C18H14O6. The van der Waals surface area contributed by atoms with Crippen molar-refractivity contribution in [2.45, 2.75) is 0 Å². The van der Waals surface area contributed by atoms with E-state index in [-0.39, 0.29) is 22.9 Å². The lowest BCUT2D eigenvalue weighted by atomic mass is 9.90. The molecule has 3 rings (SSSR count). The van der Waals surface area contributed by atoms with Gasteiger partial charge in [-0.25, -0.2) is 4.79 Å². The maximum absolute atomic E-state index is 12.7. The fourth-order valence-corrected chi connectivity index (χ4v) is 2.45. The van der Waals surface area contributed by atoms with Crippen LogP contribution in [0, 0.1) is 0 Å². The van der Waals surface area contributed by atoms with Crippen molar-refractivity contribution >= 4 is 23.8 Å². The number of fused-ring (bicyclic) bond motifs is 1. The largest absolute Gasteiger partial charge is 0.513 e. The molecule has 0 saturated carbocycles. The molecule has 1 aliphatic rings. The fraction of sp³-hybridized carbons (Fsp3) is 0.111. The molecule has 0 amide bonds. The third kappa shape index (κ3) is 2.58. The minimum Gasteiger partial charge on any atom is -0.507 e. The van der Waals surface area contributed by atoms with E-state index in [4.69, 9.17) is 9.47 Å². The zero-order chi connectivity index (χ0) is 17.3. The van der Waals surface area contributed by atoms with Crippen molar-refractivity contribution in [3.05, 3.63) is 58.7 Å². The predicted octanol–water partition coefficient (Wildman–Crippen LogP) is 3.23. The number of rotatable bonds is 4. The summed E-state index contributed by atoms with van der Waals surface area (Å²) < 4.78 is 14.5. The smallest absolute Gasteiger partial charge is 0.507 e. The number of para-hydroxylation sites is 1. The van der Waals surface area contributed by atoms with Gasteiger partial charge in [-0.15, -0.1) is 0 Å². The van der Waals surface area contributed by atoms with E-state index in [1.54, 1.807) is 36.4 Å². The van der Waals surface area contributed by atoms with Crippen LogP contribution in [0.1, 0.15) is 27.0 Å². The van der Waals surface area contributed by atoms with Gasteiger partial charge in [0.15, 0.2) is 5.78 Å². The van der Waals surface area contributed by atoms with Crippen molar-refractivity contribution in [3.8, 4) is 11.5 Å². The highest BCUT2D eigenvalue weighted by Gasteiger charge is 2.26. The first-order chi connectivity index (χ1) is 11.5. The number of benzene rings is 2. The number of phenols is 1. The van der Waals surface area contributed by atoms with Crippen LogP contribution in [-0.2, 0) is 9.47 Å². The summed E-state index contributed by atoms with van der Waals surface area (Å²) in [5.41, 5.74) is 1.72. The maximum atomic E-state index is 12.7. The third-order valence-corrected chi connectivity index (χ3v) is 3.68. The van der Waals surface area contributed by atoms with Crippen LogP contribution < -0.4 is 4.74 Å². The Hall–Kier alpha value is -3.28. The van der Waals surface area contributed by atoms with Gasteiger partial charge in [0.05, 0.1) is 25.3 Å². The van der Waals surface area contributed by atoms with Gasteiger partial charge < -0.3 is 19.3 Å². The number of aromatic hydroxyl groups is 1. The predicted molar refractivity (Wildman–Crippen MR) is 85.9 cm³/mol. The van der Waals surface area contributed by atoms with Crippen LogP contribution in [0.3, 0.4) is 0 Å². The molecule has 1 N–H and O–H groups in total. The van der Waals surface area contributed by atoms with Gasteiger partial charge in [0, 0.05) is 5.56 Å². The summed E-state index contributed by atoms with van der Waals surface area (Å²) in [5, 5.41) is 10.2. The molecule has 6 heteroatoms. The zero-order valence-electron chi connectivity index (χ0n) is 13.0. The number of ether oxygens (including phenoxy) is 3. The Morgan fingerprint density at radius 1 is 1.04 bits per heavy atom. The van der Waals surface area contributed by atoms with Crippen LogP contribution in [0.5, 0.6) is 11.5 Å². The van der Waals surface area contributed by atoms with Crippen molar-refractivity contribution in [2.75, 3.05) is 14.2 Å². The molecule has 0 aliphatic heterocycles. The molecular weight excluding hydrogens is 312 g/mol. The van der Waals surface area contributed by atoms with Crippen molar-refractivity contribution in [1.82, 2.24) is 0 Å². The number of ketones is 1. The average molecular weight is 326 g/mol. The molecule has 122 valence electrons. The van der Waals surface area contributed by atoms with Gasteiger partial charge in [0.25, 0.3) is 0 Å². The molecule has 0 heterocycles. The van der Waals surface area contributed by atoms with Crippen LogP contribution in [0.15, 0.2) is 36.4 Å². The number of hydrogen-bond donors (Lipinski definition) is 1. The summed E-state index contributed by atoms with van der Waals surface area (Å²) in [6.07, 6.45) is 0.741. The monoisotopic (exact) mass is 326 g/mol. The van der Waals surface area contributed by atoms with Crippen molar-refractivity contribution in [3.63, 3.8) is 0 Å². The summed E-state index contributed by atoms with van der Waals surface area (Å²) in [6, 6.07) is 9.71. The van der Waals surface area contributed by atoms with E-state index in [2.05, 4.69) is 4.74 Å². The molecule has 0 aromatic heterocycles. The summed E-state index contributed by atoms with van der Waals surface area (Å²) in [4.78, 5) is 23.8. The highest BCUT2D eigenvalue weighted by molar-refractivity contribution is 6.13. The van der Waals surface area contributed by atoms with Gasteiger partial charge in [-0.1, -0.05) is 12.1 Å². The van der Waals surface area contributed by atoms with Crippen LogP contribution >= 0.6 is 0 Å². The lowest BCUT2D eigenvalue weighted by Gasteiger charge is -2.20. The Bertz CT molecular complexity index is 866. The first kappa shape index (κ1) is 15.6. The van der Waals surface area contributed by atoms with Gasteiger partial charge >= 0.3 is 6.16 Å². The SMILES string of the molecule is COC(=O)OC1=Cc2cc(C(=O)c3ccccc3OC)c(O)cc21. The molecule has 0 saturated heterocycles. The molecule has 1 aliphatic carbocycles. The molecule has 2 aromatic rings. The minimum absolute atomic E-state index is 0.145. The Morgan fingerprint density at radius 3 is 2.50 bits per heavy atom. The van der Waals surface area contributed by atoms with Crippen LogP contribution in [0.25, 0.3) is 11.8 Å². The zero-order valence-corrected chi connectivity index (χ0v) is 13.0. The molecule has 0 unspecified atom stereocenters. The normalized spacial score (nSPS) is 11.7. The molecule has 0 spiro atoms. The van der Waals surface area contributed by atoms with Crippen molar-refractivity contribution in [2.24, 2.45) is 0 Å². The van der Waals surface area contributed by atoms with Gasteiger partial charge in [0.2, 0.25) is 0 Å². The molecule has 2 aromatic carbocycles. The van der Waals surface area contributed by atoms with E-state index in [1.165, 1.54) is 20.3 Å². The first-order valence-corrected chi connectivity index (χ1v) is 7.07. The van der Waals surface area contributed by atoms with E-state index < -0.39 is 6.16 Å². The molecule has 0 atom stereocenters. The molecule has 0 bridgehead atoms. The summed E-state index contributed by atoms with van der Waals surface area (Å²) >= 11 is 0. The second-order valence-corrected chi connectivity index (χ2v) is 5.05. The van der Waals surface area contributed by atoms with Crippen LogP contribution in [-0.4, -0.2) is 31.3 Å². The van der Waals surface area contributed by atoms with Gasteiger partial charge in [0.1, 0.15) is 17.3 Å². The third-order valence-electron chi connectivity index (χ3n) is 3.68. The molecule has 0 fully saturated rings. The highest BCUT2D eigenvalue weighted by atomic mass is 16.7. The Morgan fingerprint density at radius 2 is 1.79 bits per heavy atom. The van der Waals surface area contributed by atoms with Crippen molar-refractivity contribution < 1.29 is 28.9 Å². The number of carbonyl (C=O) groups is 2. The van der Waals surface area contributed by atoms with E-state index in [0.717, 1.165) is 0 Å². The van der Waals surface area contributed by atoms with Gasteiger partial charge in [-0.05, 0) is 35.9 Å². The second-order valence-electron chi connectivity index (χ2n) is 5.05. The average Bonchev–Trinajstić information content (AvgIpc) is 2.60. The standard InChI is InChI=1S/C18H14O6/c1-22-15-6-4-3-5-11(15)17(20)13-7-10-8-16(24-18(21)23-2)12(10)9-14(13)19/h3-9,19H,1-2H3. The lowest BCUT2D eigenvalue weighted by Crippen LogP contribution is -2.11. The molecule has 0 radical (unpaired) electrons. The number of carbonyl (C=O) groups excluding carboxylic acids is 2. The van der Waals surface area contributed by atoms with E-state index in [1.807, 2.05) is 0 Å². The van der Waals surface area contributed by atoms with Crippen LogP contribution in [0.2, 0.25) is 0 Å². The fourth-order valence-electron chi connectivity index (χ4n) is 2.45. The molecule has 24 heavy (non-hydrogen) atoms. The minimum atomic E-state index is -0.847. The topological polar surface area (TPSA) is 82.1 Å². The van der Waals surface area contributed by atoms with E-state index >= 15 is 0 Å². The van der Waals surface area contributed by atoms with Crippen LogP contribution in [0.4, 0.5) is 4.79 Å². The first-order valence-electron chi connectivity index (χ1n) is 7.07. The molecule has 6 nitrogen and oxygen atoms in total. The van der Waals surface area contributed by atoms with E-state index in [0.29, 0.717) is 22.4 Å².